The molecule has 0 saturated heterocycles. The van der Waals surface area contributed by atoms with Crippen molar-refractivity contribution in [3.05, 3.63) is 65.0 Å². The molecule has 1 heterocycles. The van der Waals surface area contributed by atoms with Crippen molar-refractivity contribution >= 4 is 29.0 Å². The lowest BCUT2D eigenvalue weighted by atomic mass is 10.0. The first kappa shape index (κ1) is 22.9. The van der Waals surface area contributed by atoms with E-state index < -0.39 is 0 Å². The van der Waals surface area contributed by atoms with Gasteiger partial charge in [-0.1, -0.05) is 61.5 Å². The zero-order valence-corrected chi connectivity index (χ0v) is 19.6. The summed E-state index contributed by atoms with van der Waals surface area (Å²) >= 11 is 1.42. The number of hydrogen-bond donors (Lipinski definition) is 2. The normalized spacial score (nSPS) is 10.8. The summed E-state index contributed by atoms with van der Waals surface area (Å²) in [5.41, 5.74) is 5.56. The zero-order valence-electron chi connectivity index (χ0n) is 18.7. The quantitative estimate of drug-likeness (QED) is 0.433. The summed E-state index contributed by atoms with van der Waals surface area (Å²) in [6, 6.07) is 14.5. The molecule has 0 aliphatic heterocycles. The van der Waals surface area contributed by atoms with E-state index in [0.29, 0.717) is 12.3 Å². The van der Waals surface area contributed by atoms with E-state index in [1.807, 2.05) is 0 Å². The highest BCUT2D eigenvalue weighted by molar-refractivity contribution is 7.99. The van der Waals surface area contributed by atoms with Crippen LogP contribution in [0.4, 0.5) is 11.4 Å². The molecule has 2 aromatic carbocycles. The van der Waals surface area contributed by atoms with Crippen LogP contribution in [0.15, 0.2) is 47.6 Å². The minimum absolute atomic E-state index is 0.0226. The van der Waals surface area contributed by atoms with Crippen LogP contribution in [0, 0.1) is 6.92 Å². The smallest absolute Gasteiger partial charge is 0.234 e. The molecule has 0 spiro atoms. The first-order chi connectivity index (χ1) is 15.0. The molecule has 7 heteroatoms. The predicted molar refractivity (Wildman–Crippen MR) is 129 cm³/mol. The lowest BCUT2D eigenvalue weighted by Crippen LogP contribution is -2.17. The first-order valence-electron chi connectivity index (χ1n) is 10.8. The van der Waals surface area contributed by atoms with Gasteiger partial charge in [0.2, 0.25) is 5.91 Å². The van der Waals surface area contributed by atoms with Gasteiger partial charge in [0, 0.05) is 17.9 Å². The monoisotopic (exact) mass is 437 g/mol. The Hall–Kier alpha value is -2.80. The fourth-order valence-corrected chi connectivity index (χ4v) is 4.26. The van der Waals surface area contributed by atoms with Gasteiger partial charge in [-0.3, -0.25) is 4.79 Å². The second-order valence-corrected chi connectivity index (χ2v) is 8.30. The summed E-state index contributed by atoms with van der Waals surface area (Å²) in [5, 5.41) is 15.9. The number of benzene rings is 2. The van der Waals surface area contributed by atoms with Gasteiger partial charge >= 0.3 is 0 Å². The van der Waals surface area contributed by atoms with Gasteiger partial charge in [0.05, 0.1) is 12.3 Å². The molecule has 0 saturated carbocycles. The summed E-state index contributed by atoms with van der Waals surface area (Å²) < 4.78 is 2.05. The Morgan fingerprint density at radius 2 is 1.68 bits per heavy atom. The first-order valence-corrected chi connectivity index (χ1v) is 11.8. The van der Waals surface area contributed by atoms with E-state index in [-0.39, 0.29) is 5.91 Å². The molecule has 0 aliphatic rings. The number of rotatable bonds is 10. The summed E-state index contributed by atoms with van der Waals surface area (Å²) in [6.45, 7) is 9.68. The molecule has 0 bridgehead atoms. The van der Waals surface area contributed by atoms with E-state index in [1.54, 1.807) is 0 Å². The maximum absolute atomic E-state index is 12.7. The molecule has 164 valence electrons. The van der Waals surface area contributed by atoms with Gasteiger partial charge in [-0.2, -0.15) is 0 Å². The molecule has 1 amide bonds. The van der Waals surface area contributed by atoms with E-state index in [1.165, 1.54) is 28.5 Å². The average molecular weight is 438 g/mol. The van der Waals surface area contributed by atoms with Crippen LogP contribution in [0.2, 0.25) is 0 Å². The molecule has 0 fully saturated rings. The maximum Gasteiger partial charge on any atom is 0.234 e. The van der Waals surface area contributed by atoms with E-state index in [9.17, 15) is 4.79 Å². The maximum atomic E-state index is 12.7. The summed E-state index contributed by atoms with van der Waals surface area (Å²) in [5.74, 6) is 1.13. The lowest BCUT2D eigenvalue weighted by molar-refractivity contribution is -0.113. The topological polar surface area (TPSA) is 71.8 Å². The highest BCUT2D eigenvalue weighted by Crippen LogP contribution is 2.24. The van der Waals surface area contributed by atoms with Crippen LogP contribution in [-0.4, -0.2) is 26.4 Å². The Bertz CT molecular complexity index is 991. The van der Waals surface area contributed by atoms with Crippen LogP contribution in [0.25, 0.3) is 0 Å². The third kappa shape index (κ3) is 5.88. The molecular weight excluding hydrogens is 406 g/mol. The van der Waals surface area contributed by atoms with Crippen LogP contribution in [0.5, 0.6) is 0 Å². The van der Waals surface area contributed by atoms with E-state index >= 15 is 0 Å². The second-order valence-electron chi connectivity index (χ2n) is 7.36. The van der Waals surface area contributed by atoms with Gasteiger partial charge in [-0.15, -0.1) is 10.2 Å². The molecular formula is C24H31N5OS. The number of amides is 1. The van der Waals surface area contributed by atoms with Gasteiger partial charge in [-0.25, -0.2) is 0 Å². The van der Waals surface area contributed by atoms with Crippen LogP contribution in [0.1, 0.15) is 43.3 Å². The van der Waals surface area contributed by atoms with Crippen molar-refractivity contribution in [3.8, 4) is 0 Å². The molecule has 3 rings (SSSR count). The van der Waals surface area contributed by atoms with E-state index in [2.05, 4.69) is 95.6 Å². The highest BCUT2D eigenvalue weighted by Gasteiger charge is 2.15. The molecule has 6 nitrogen and oxygen atoms in total. The van der Waals surface area contributed by atoms with Crippen molar-refractivity contribution < 1.29 is 4.79 Å². The Kier molecular flexibility index (Phi) is 8.12. The third-order valence-corrected chi connectivity index (χ3v) is 6.17. The Balaban J connectivity index is 1.62. The zero-order chi connectivity index (χ0) is 22.2. The standard InChI is InChI=1S/C24H31N5OS/c1-5-18-9-8-10-19(6-2)23(18)26-22(30)16-31-24-28-27-21(29(24)7-3)15-25-20-13-11-17(4)12-14-20/h8-14,25H,5-7,15-16H2,1-4H3,(H,26,30). The minimum atomic E-state index is -0.0226. The molecule has 0 radical (unpaired) electrons. The number of para-hydroxylation sites is 1. The number of anilines is 2. The van der Waals surface area contributed by atoms with Gasteiger partial charge in [-0.05, 0) is 49.9 Å². The Morgan fingerprint density at radius 1 is 1.00 bits per heavy atom. The molecule has 0 atom stereocenters. The Morgan fingerprint density at radius 3 is 2.29 bits per heavy atom. The SMILES string of the molecule is CCc1cccc(CC)c1NC(=O)CSc1nnc(CNc2ccc(C)cc2)n1CC. The average Bonchev–Trinajstić information content (AvgIpc) is 3.19. The number of hydrogen-bond acceptors (Lipinski definition) is 5. The van der Waals surface area contributed by atoms with Crippen LogP contribution < -0.4 is 10.6 Å². The molecule has 0 unspecified atom stereocenters. The number of aromatic nitrogens is 3. The molecule has 31 heavy (non-hydrogen) atoms. The van der Waals surface area contributed by atoms with E-state index in [4.69, 9.17) is 0 Å². The van der Waals surface area contributed by atoms with Crippen molar-refractivity contribution in [2.45, 2.75) is 58.8 Å². The van der Waals surface area contributed by atoms with Gasteiger partial charge in [0.25, 0.3) is 0 Å². The third-order valence-electron chi connectivity index (χ3n) is 5.21. The van der Waals surface area contributed by atoms with Gasteiger partial charge < -0.3 is 15.2 Å². The van der Waals surface area contributed by atoms with Crippen LogP contribution in [0.3, 0.4) is 0 Å². The second kappa shape index (κ2) is 11.0. The number of nitrogens with one attached hydrogen (secondary N) is 2. The highest BCUT2D eigenvalue weighted by atomic mass is 32.2. The van der Waals surface area contributed by atoms with Gasteiger partial charge in [0.1, 0.15) is 0 Å². The largest absolute Gasteiger partial charge is 0.378 e. The minimum Gasteiger partial charge on any atom is -0.378 e. The number of aryl methyl sites for hydroxylation is 3. The Labute approximate surface area is 188 Å². The van der Waals surface area contributed by atoms with Crippen molar-refractivity contribution in [2.75, 3.05) is 16.4 Å². The fourth-order valence-electron chi connectivity index (χ4n) is 3.44. The predicted octanol–water partition coefficient (Wildman–Crippen LogP) is 5.07. The van der Waals surface area contributed by atoms with Crippen molar-refractivity contribution in [1.82, 2.24) is 14.8 Å². The molecule has 0 aliphatic carbocycles. The number of nitrogens with zero attached hydrogens (tertiary/aromatic N) is 3. The van der Waals surface area contributed by atoms with Crippen molar-refractivity contribution in [2.24, 2.45) is 0 Å². The van der Waals surface area contributed by atoms with Crippen molar-refractivity contribution in [3.63, 3.8) is 0 Å². The number of carbonyl (C=O) groups is 1. The molecule has 2 N–H and O–H groups in total. The molecule has 1 aromatic heterocycles. The summed E-state index contributed by atoms with van der Waals surface area (Å²) in [6.07, 6.45) is 1.77. The number of thioether (sulfide) groups is 1. The van der Waals surface area contributed by atoms with Crippen molar-refractivity contribution in [1.29, 1.82) is 0 Å². The van der Waals surface area contributed by atoms with Crippen LogP contribution in [-0.2, 0) is 30.7 Å². The van der Waals surface area contributed by atoms with E-state index in [0.717, 1.165) is 41.7 Å². The molecule has 3 aromatic rings. The number of carbonyl (C=O) groups excluding carboxylic acids is 1. The fraction of sp³-hybridized carbons (Fsp3) is 0.375. The summed E-state index contributed by atoms with van der Waals surface area (Å²) in [7, 11) is 0. The van der Waals surface area contributed by atoms with Gasteiger partial charge in [0.15, 0.2) is 11.0 Å². The van der Waals surface area contributed by atoms with Crippen LogP contribution >= 0.6 is 11.8 Å². The lowest BCUT2D eigenvalue weighted by Gasteiger charge is -2.14. The summed E-state index contributed by atoms with van der Waals surface area (Å²) in [4.78, 5) is 12.7.